The molecule has 2 aromatic rings. The number of nitrogens with zero attached hydrogens (tertiary/aromatic N) is 2. The number of carbonyl (C=O) groups is 2. The number of benzene rings is 2. The second-order valence-corrected chi connectivity index (χ2v) is 9.41. The molecule has 1 N–H and O–H groups in total. The van der Waals surface area contributed by atoms with Crippen LogP contribution >= 0.6 is 0 Å². The molecule has 30 heavy (non-hydrogen) atoms. The van der Waals surface area contributed by atoms with Crippen LogP contribution in [0.3, 0.4) is 0 Å². The summed E-state index contributed by atoms with van der Waals surface area (Å²) in [6.45, 7) is 9.54. The van der Waals surface area contributed by atoms with Gasteiger partial charge in [0.05, 0.1) is 0 Å². The number of unbranched alkanes of at least 4 members (excludes halogenated alkanes) is 1. The number of likely N-dealkylation sites (tertiary alicyclic amines) is 1. The van der Waals surface area contributed by atoms with Crippen molar-refractivity contribution in [3.05, 3.63) is 48.0 Å². The summed E-state index contributed by atoms with van der Waals surface area (Å²) >= 11 is 0. The number of carbonyl (C=O) groups excluding carboxylic acids is 1. The Morgan fingerprint density at radius 2 is 1.83 bits per heavy atom. The van der Waals surface area contributed by atoms with E-state index in [4.69, 9.17) is 0 Å². The van der Waals surface area contributed by atoms with Crippen LogP contribution in [0.2, 0.25) is 0 Å². The van der Waals surface area contributed by atoms with Crippen LogP contribution in [0.15, 0.2) is 42.5 Å². The zero-order valence-corrected chi connectivity index (χ0v) is 18.6. The highest BCUT2D eigenvalue weighted by atomic mass is 16.4. The van der Waals surface area contributed by atoms with Gasteiger partial charge in [0.2, 0.25) is 0 Å². The SMILES string of the molecule is CCCCN(C(=O)c1cccc2ccccc12)C1CCN(C(=O)O)C(C(C)(C)C)C1. The number of carboxylic acid groups (broad SMARTS) is 1. The first kappa shape index (κ1) is 22.1. The molecule has 0 saturated carbocycles. The van der Waals surface area contributed by atoms with Gasteiger partial charge >= 0.3 is 6.09 Å². The van der Waals surface area contributed by atoms with Crippen LogP contribution in [0.5, 0.6) is 0 Å². The van der Waals surface area contributed by atoms with E-state index in [1.807, 2.05) is 47.4 Å². The van der Waals surface area contributed by atoms with Crippen molar-refractivity contribution in [3.63, 3.8) is 0 Å². The molecule has 1 aliphatic heterocycles. The molecule has 0 bridgehead atoms. The maximum Gasteiger partial charge on any atom is 0.407 e. The summed E-state index contributed by atoms with van der Waals surface area (Å²) in [5.74, 6) is 0.0571. The molecule has 162 valence electrons. The molecule has 0 aromatic heterocycles. The molecule has 3 rings (SSSR count). The van der Waals surface area contributed by atoms with Gasteiger partial charge in [0, 0.05) is 30.7 Å². The number of piperidine rings is 1. The zero-order valence-electron chi connectivity index (χ0n) is 18.6. The van der Waals surface area contributed by atoms with Crippen molar-refractivity contribution in [1.82, 2.24) is 9.80 Å². The molecule has 2 aromatic carbocycles. The van der Waals surface area contributed by atoms with Crippen LogP contribution in [0.25, 0.3) is 10.8 Å². The Kier molecular flexibility index (Phi) is 6.69. The van der Waals surface area contributed by atoms with Crippen LogP contribution in [-0.2, 0) is 0 Å². The first-order valence-corrected chi connectivity index (χ1v) is 11.0. The average molecular weight is 411 g/mol. The van der Waals surface area contributed by atoms with Crippen molar-refractivity contribution in [2.75, 3.05) is 13.1 Å². The van der Waals surface area contributed by atoms with Gasteiger partial charge in [-0.2, -0.15) is 0 Å². The fraction of sp³-hybridized carbons (Fsp3) is 0.520. The minimum atomic E-state index is -0.867. The van der Waals surface area contributed by atoms with Gasteiger partial charge in [-0.25, -0.2) is 4.79 Å². The molecule has 1 heterocycles. The molecule has 5 heteroatoms. The zero-order chi connectivity index (χ0) is 21.9. The second-order valence-electron chi connectivity index (χ2n) is 9.41. The van der Waals surface area contributed by atoms with Gasteiger partial charge in [0.15, 0.2) is 0 Å². The third-order valence-electron chi connectivity index (χ3n) is 6.29. The van der Waals surface area contributed by atoms with Crippen molar-refractivity contribution < 1.29 is 14.7 Å². The van der Waals surface area contributed by atoms with Crippen LogP contribution in [0, 0.1) is 5.41 Å². The van der Waals surface area contributed by atoms with Crippen LogP contribution < -0.4 is 0 Å². The molecule has 2 unspecified atom stereocenters. The molecule has 0 radical (unpaired) electrons. The Labute approximate surface area is 179 Å². The predicted octanol–water partition coefficient (Wildman–Crippen LogP) is 5.64. The highest BCUT2D eigenvalue weighted by Gasteiger charge is 2.41. The second kappa shape index (κ2) is 9.07. The van der Waals surface area contributed by atoms with Gasteiger partial charge in [-0.3, -0.25) is 4.79 Å². The lowest BCUT2D eigenvalue weighted by atomic mass is 9.78. The first-order chi connectivity index (χ1) is 14.2. The summed E-state index contributed by atoms with van der Waals surface area (Å²) in [5.41, 5.74) is 0.549. The van der Waals surface area contributed by atoms with Crippen molar-refractivity contribution in [3.8, 4) is 0 Å². The normalized spacial score (nSPS) is 19.7. The third-order valence-corrected chi connectivity index (χ3v) is 6.29. The first-order valence-electron chi connectivity index (χ1n) is 11.0. The summed E-state index contributed by atoms with van der Waals surface area (Å²) < 4.78 is 0. The lowest BCUT2D eigenvalue weighted by Gasteiger charge is -2.47. The number of rotatable bonds is 5. The van der Waals surface area contributed by atoms with E-state index in [2.05, 4.69) is 27.7 Å². The van der Waals surface area contributed by atoms with Gasteiger partial charge in [-0.15, -0.1) is 0 Å². The quantitative estimate of drug-likeness (QED) is 0.694. The van der Waals surface area contributed by atoms with Crippen molar-refractivity contribution in [2.24, 2.45) is 5.41 Å². The third kappa shape index (κ3) is 4.61. The molecule has 2 amide bonds. The molecule has 1 fully saturated rings. The number of hydrogen-bond donors (Lipinski definition) is 1. The van der Waals surface area contributed by atoms with E-state index in [9.17, 15) is 14.7 Å². The maximum absolute atomic E-state index is 13.7. The summed E-state index contributed by atoms with van der Waals surface area (Å²) in [7, 11) is 0. The highest BCUT2D eigenvalue weighted by Crippen LogP contribution is 2.35. The van der Waals surface area contributed by atoms with E-state index in [0.29, 0.717) is 25.9 Å². The van der Waals surface area contributed by atoms with Gasteiger partial charge in [0.25, 0.3) is 5.91 Å². The summed E-state index contributed by atoms with van der Waals surface area (Å²) in [6.07, 6.45) is 2.44. The number of fused-ring (bicyclic) bond motifs is 1. The predicted molar refractivity (Wildman–Crippen MR) is 121 cm³/mol. The number of hydrogen-bond acceptors (Lipinski definition) is 2. The fourth-order valence-corrected chi connectivity index (χ4v) is 4.62. The Hall–Kier alpha value is -2.56. The lowest BCUT2D eigenvalue weighted by molar-refractivity contribution is 0.0189. The van der Waals surface area contributed by atoms with E-state index in [0.717, 1.165) is 29.2 Å². The highest BCUT2D eigenvalue weighted by molar-refractivity contribution is 6.07. The smallest absolute Gasteiger partial charge is 0.407 e. The van der Waals surface area contributed by atoms with Crippen molar-refractivity contribution in [1.29, 1.82) is 0 Å². The molecular formula is C25H34N2O3. The Morgan fingerprint density at radius 1 is 1.13 bits per heavy atom. The van der Waals surface area contributed by atoms with Gasteiger partial charge < -0.3 is 14.9 Å². The van der Waals surface area contributed by atoms with E-state index in [-0.39, 0.29) is 23.4 Å². The molecule has 0 aliphatic carbocycles. The maximum atomic E-state index is 13.7. The summed E-state index contributed by atoms with van der Waals surface area (Å²) in [4.78, 5) is 29.1. The van der Waals surface area contributed by atoms with Crippen molar-refractivity contribution in [2.45, 2.75) is 65.5 Å². The molecule has 5 nitrogen and oxygen atoms in total. The Bertz CT molecular complexity index is 897. The Balaban J connectivity index is 1.94. The molecule has 1 aliphatic rings. The number of amides is 2. The lowest BCUT2D eigenvalue weighted by Crippen LogP contribution is -2.57. The molecule has 2 atom stereocenters. The molecular weight excluding hydrogens is 376 g/mol. The van der Waals surface area contributed by atoms with Crippen LogP contribution in [0.4, 0.5) is 4.79 Å². The topological polar surface area (TPSA) is 60.9 Å². The van der Waals surface area contributed by atoms with E-state index >= 15 is 0 Å². The summed E-state index contributed by atoms with van der Waals surface area (Å²) in [5, 5.41) is 11.7. The molecule has 1 saturated heterocycles. The monoisotopic (exact) mass is 410 g/mol. The minimum absolute atomic E-state index is 0.0443. The standard InChI is InChI=1S/C25H34N2O3/c1-5-6-15-26(19-14-16-27(24(29)30)22(17-19)25(2,3)4)23(28)21-13-9-11-18-10-7-8-12-20(18)21/h7-13,19,22H,5-6,14-17H2,1-4H3,(H,29,30). The van der Waals surface area contributed by atoms with Gasteiger partial charge in [-0.05, 0) is 41.5 Å². The summed E-state index contributed by atoms with van der Waals surface area (Å²) in [6, 6.07) is 13.8. The minimum Gasteiger partial charge on any atom is -0.465 e. The van der Waals surface area contributed by atoms with Crippen LogP contribution in [-0.4, -0.2) is 52.1 Å². The largest absolute Gasteiger partial charge is 0.465 e. The van der Waals surface area contributed by atoms with Crippen LogP contribution in [0.1, 0.15) is 63.7 Å². The van der Waals surface area contributed by atoms with Gasteiger partial charge in [0.1, 0.15) is 0 Å². The van der Waals surface area contributed by atoms with Gasteiger partial charge in [-0.1, -0.05) is 70.5 Å². The Morgan fingerprint density at radius 3 is 2.50 bits per heavy atom. The van der Waals surface area contributed by atoms with E-state index in [1.165, 1.54) is 0 Å². The van der Waals surface area contributed by atoms with E-state index in [1.54, 1.807) is 4.90 Å². The van der Waals surface area contributed by atoms with E-state index < -0.39 is 6.09 Å². The average Bonchev–Trinajstić information content (AvgIpc) is 2.72. The molecule has 0 spiro atoms. The van der Waals surface area contributed by atoms with Crippen molar-refractivity contribution >= 4 is 22.8 Å². The fourth-order valence-electron chi connectivity index (χ4n) is 4.62.